The van der Waals surface area contributed by atoms with Crippen LogP contribution in [0.2, 0.25) is 0 Å². The van der Waals surface area contributed by atoms with Crippen LogP contribution in [0.1, 0.15) is 25.8 Å². The van der Waals surface area contributed by atoms with Crippen molar-refractivity contribution in [1.29, 1.82) is 0 Å². The number of hydrogen-bond donors (Lipinski definition) is 1. The molecular formula is C23H23FN2O5S. The Labute approximate surface area is 189 Å². The zero-order chi connectivity index (χ0) is 23.3. The Morgan fingerprint density at radius 1 is 1.19 bits per heavy atom. The minimum absolute atomic E-state index is 0.167. The molecule has 9 heteroatoms. The number of methoxy groups -OCH3 is 1. The van der Waals surface area contributed by atoms with Crippen molar-refractivity contribution in [2.24, 2.45) is 0 Å². The van der Waals surface area contributed by atoms with Gasteiger partial charge in [0.05, 0.1) is 12.0 Å². The highest BCUT2D eigenvalue weighted by molar-refractivity contribution is 8.18. The number of imide groups is 1. The molecule has 2 aromatic carbocycles. The fraction of sp³-hybridized carbons (Fsp3) is 0.261. The molecule has 0 radical (unpaired) electrons. The van der Waals surface area contributed by atoms with Crippen molar-refractivity contribution >= 4 is 40.6 Å². The van der Waals surface area contributed by atoms with E-state index in [0.717, 1.165) is 11.8 Å². The largest absolute Gasteiger partial charge is 0.493 e. The standard InChI is InChI=1S/C23H23FN2O5S/c1-4-14(2)26-22(28)20(32-23(26)29)12-15-5-10-18(19(11-15)30-3)31-13-21(27)25-17-8-6-16(24)7-9-17/h5-12,14H,4,13H2,1-3H3,(H,25,27). The summed E-state index contributed by atoms with van der Waals surface area (Å²) in [5.41, 5.74) is 1.10. The number of benzene rings is 2. The number of ether oxygens (including phenoxy) is 2. The van der Waals surface area contributed by atoms with Gasteiger partial charge < -0.3 is 14.8 Å². The highest BCUT2D eigenvalue weighted by atomic mass is 32.2. The Morgan fingerprint density at radius 2 is 1.91 bits per heavy atom. The molecule has 7 nitrogen and oxygen atoms in total. The fourth-order valence-corrected chi connectivity index (χ4v) is 3.89. The van der Waals surface area contributed by atoms with Crippen LogP contribution in [0.4, 0.5) is 14.9 Å². The van der Waals surface area contributed by atoms with Gasteiger partial charge in [-0.25, -0.2) is 4.39 Å². The Kier molecular flexibility index (Phi) is 7.53. The van der Waals surface area contributed by atoms with Crippen LogP contribution in [0.5, 0.6) is 11.5 Å². The molecule has 0 aliphatic carbocycles. The molecule has 1 atom stereocenters. The van der Waals surface area contributed by atoms with E-state index in [1.807, 2.05) is 13.8 Å². The summed E-state index contributed by atoms with van der Waals surface area (Å²) in [5, 5.41) is 2.32. The summed E-state index contributed by atoms with van der Waals surface area (Å²) in [5.74, 6) is -0.414. The maximum Gasteiger partial charge on any atom is 0.293 e. The molecule has 168 valence electrons. The van der Waals surface area contributed by atoms with Gasteiger partial charge in [0.25, 0.3) is 17.1 Å². The van der Waals surface area contributed by atoms with E-state index in [-0.39, 0.29) is 23.8 Å². The summed E-state index contributed by atoms with van der Waals surface area (Å²) in [6.45, 7) is 3.47. The average Bonchev–Trinajstić information content (AvgIpc) is 3.06. The number of carbonyl (C=O) groups is 3. The van der Waals surface area contributed by atoms with E-state index in [4.69, 9.17) is 9.47 Å². The maximum absolute atomic E-state index is 13.0. The van der Waals surface area contributed by atoms with Crippen LogP contribution < -0.4 is 14.8 Å². The van der Waals surface area contributed by atoms with Gasteiger partial charge in [-0.3, -0.25) is 19.3 Å². The van der Waals surface area contributed by atoms with Gasteiger partial charge in [0.2, 0.25) is 0 Å². The van der Waals surface area contributed by atoms with E-state index >= 15 is 0 Å². The second kappa shape index (κ2) is 10.3. The molecule has 1 fully saturated rings. The Morgan fingerprint density at radius 3 is 2.56 bits per heavy atom. The summed E-state index contributed by atoms with van der Waals surface area (Å²) < 4.78 is 23.8. The molecule has 0 aromatic heterocycles. The van der Waals surface area contributed by atoms with Crippen molar-refractivity contribution in [1.82, 2.24) is 4.90 Å². The molecule has 1 heterocycles. The number of thioether (sulfide) groups is 1. The van der Waals surface area contributed by atoms with Gasteiger partial charge in [-0.2, -0.15) is 0 Å². The number of carbonyl (C=O) groups excluding carboxylic acids is 3. The van der Waals surface area contributed by atoms with Gasteiger partial charge in [0.1, 0.15) is 5.82 Å². The summed E-state index contributed by atoms with van der Waals surface area (Å²) in [6.07, 6.45) is 2.31. The quantitative estimate of drug-likeness (QED) is 0.578. The molecular weight excluding hydrogens is 435 g/mol. The van der Waals surface area contributed by atoms with Gasteiger partial charge in [0, 0.05) is 11.7 Å². The number of nitrogens with zero attached hydrogens (tertiary/aromatic N) is 1. The van der Waals surface area contributed by atoms with Crippen LogP contribution in [0.15, 0.2) is 47.4 Å². The first-order chi connectivity index (χ1) is 15.3. The molecule has 0 saturated carbocycles. The summed E-state index contributed by atoms with van der Waals surface area (Å²) in [7, 11) is 1.46. The molecule has 1 unspecified atom stereocenters. The minimum atomic E-state index is -0.415. The highest BCUT2D eigenvalue weighted by Crippen LogP contribution is 2.35. The third-order valence-electron chi connectivity index (χ3n) is 4.83. The van der Waals surface area contributed by atoms with Crippen LogP contribution in [-0.4, -0.2) is 41.7 Å². The topological polar surface area (TPSA) is 84.9 Å². The molecule has 3 rings (SSSR count). The zero-order valence-electron chi connectivity index (χ0n) is 17.9. The van der Waals surface area contributed by atoms with Crippen molar-refractivity contribution in [3.8, 4) is 11.5 Å². The monoisotopic (exact) mass is 458 g/mol. The lowest BCUT2D eigenvalue weighted by Gasteiger charge is -2.19. The summed E-state index contributed by atoms with van der Waals surface area (Å²) in [6, 6.07) is 10.2. The van der Waals surface area contributed by atoms with Crippen LogP contribution in [0.25, 0.3) is 6.08 Å². The van der Waals surface area contributed by atoms with Crippen LogP contribution >= 0.6 is 11.8 Å². The predicted octanol–water partition coefficient (Wildman–Crippen LogP) is 4.69. The van der Waals surface area contributed by atoms with Gasteiger partial charge in [-0.05, 0) is 73.1 Å². The van der Waals surface area contributed by atoms with Gasteiger partial charge in [-0.1, -0.05) is 13.0 Å². The van der Waals surface area contributed by atoms with E-state index in [9.17, 15) is 18.8 Å². The van der Waals surface area contributed by atoms with Crippen molar-refractivity contribution in [2.75, 3.05) is 19.0 Å². The second-order valence-corrected chi connectivity index (χ2v) is 8.06. The zero-order valence-corrected chi connectivity index (χ0v) is 18.7. The Bertz CT molecular complexity index is 1050. The van der Waals surface area contributed by atoms with Gasteiger partial charge in [-0.15, -0.1) is 0 Å². The van der Waals surface area contributed by atoms with E-state index in [1.165, 1.54) is 36.3 Å². The van der Waals surface area contributed by atoms with Gasteiger partial charge >= 0.3 is 0 Å². The number of halogens is 1. The molecule has 1 aliphatic rings. The Hall–Kier alpha value is -3.33. The van der Waals surface area contributed by atoms with Crippen LogP contribution in [-0.2, 0) is 9.59 Å². The molecule has 0 bridgehead atoms. The van der Waals surface area contributed by atoms with Gasteiger partial charge in [0.15, 0.2) is 18.1 Å². The van der Waals surface area contributed by atoms with Crippen LogP contribution in [0.3, 0.4) is 0 Å². The van der Waals surface area contributed by atoms with Crippen molar-refractivity contribution < 1.29 is 28.2 Å². The fourth-order valence-electron chi connectivity index (χ4n) is 2.96. The molecule has 2 aromatic rings. The third-order valence-corrected chi connectivity index (χ3v) is 5.71. The minimum Gasteiger partial charge on any atom is -0.493 e. The first kappa shape index (κ1) is 23.3. The molecule has 32 heavy (non-hydrogen) atoms. The number of hydrogen-bond acceptors (Lipinski definition) is 6. The van der Waals surface area contributed by atoms with Crippen molar-refractivity contribution in [3.05, 3.63) is 58.8 Å². The van der Waals surface area contributed by atoms with E-state index in [1.54, 1.807) is 24.3 Å². The highest BCUT2D eigenvalue weighted by Gasteiger charge is 2.37. The lowest BCUT2D eigenvalue weighted by atomic mass is 10.1. The third kappa shape index (κ3) is 5.47. The number of amides is 3. The molecule has 3 amide bonds. The molecule has 1 saturated heterocycles. The lowest BCUT2D eigenvalue weighted by molar-refractivity contribution is -0.124. The smallest absolute Gasteiger partial charge is 0.293 e. The number of nitrogens with one attached hydrogen (secondary N) is 1. The molecule has 1 N–H and O–H groups in total. The average molecular weight is 459 g/mol. The molecule has 1 aliphatic heterocycles. The van der Waals surface area contributed by atoms with E-state index in [0.29, 0.717) is 34.1 Å². The first-order valence-corrected chi connectivity index (χ1v) is 10.8. The summed E-state index contributed by atoms with van der Waals surface area (Å²) in [4.78, 5) is 38.5. The van der Waals surface area contributed by atoms with E-state index < -0.39 is 11.7 Å². The second-order valence-electron chi connectivity index (χ2n) is 7.06. The van der Waals surface area contributed by atoms with Crippen molar-refractivity contribution in [3.63, 3.8) is 0 Å². The maximum atomic E-state index is 13.0. The first-order valence-electron chi connectivity index (χ1n) is 9.95. The predicted molar refractivity (Wildman–Crippen MR) is 121 cm³/mol. The van der Waals surface area contributed by atoms with Crippen LogP contribution in [0, 0.1) is 5.82 Å². The Balaban J connectivity index is 1.67. The normalized spacial score (nSPS) is 15.8. The SMILES string of the molecule is CCC(C)N1C(=O)SC(=Cc2ccc(OCC(=O)Nc3ccc(F)cc3)c(OC)c2)C1=O. The van der Waals surface area contributed by atoms with E-state index in [2.05, 4.69) is 5.32 Å². The summed E-state index contributed by atoms with van der Waals surface area (Å²) >= 11 is 0.904. The number of rotatable bonds is 8. The molecule has 0 spiro atoms. The number of anilines is 1. The van der Waals surface area contributed by atoms with Crippen molar-refractivity contribution in [2.45, 2.75) is 26.3 Å². The lowest BCUT2D eigenvalue weighted by Crippen LogP contribution is -2.36.